The SMILES string of the molecule is COCCNC(=O)c1cc(F)c(C(=O)N[C@@H](Cc2ccc(-c3ccc(C#N)cc3Cl)c3ncccc23)C(=O)O)c(F)c1. The molecule has 0 aliphatic heterocycles. The highest BCUT2D eigenvalue weighted by Crippen LogP contribution is 2.34. The van der Waals surface area contributed by atoms with E-state index in [0.717, 1.165) is 0 Å². The Morgan fingerprint density at radius 2 is 1.79 bits per heavy atom. The molecule has 0 saturated carbocycles. The lowest BCUT2D eigenvalue weighted by molar-refractivity contribution is -0.139. The number of carbonyl (C=O) groups excluding carboxylic acids is 2. The summed E-state index contributed by atoms with van der Waals surface area (Å²) >= 11 is 6.41. The number of hydrogen-bond acceptors (Lipinski definition) is 6. The van der Waals surface area contributed by atoms with E-state index < -0.39 is 41.0 Å². The maximum atomic E-state index is 14.8. The first-order valence-electron chi connectivity index (χ1n) is 12.5. The molecule has 0 fully saturated rings. The molecule has 214 valence electrons. The molecule has 0 aliphatic carbocycles. The molecular weight excluding hydrogens is 570 g/mol. The number of nitrogens with one attached hydrogen (secondary N) is 2. The van der Waals surface area contributed by atoms with Crippen LogP contribution in [0.15, 0.2) is 60.8 Å². The molecule has 0 aliphatic rings. The smallest absolute Gasteiger partial charge is 0.326 e. The average Bonchev–Trinajstić information content (AvgIpc) is 2.96. The Balaban J connectivity index is 1.61. The highest BCUT2D eigenvalue weighted by molar-refractivity contribution is 6.33. The van der Waals surface area contributed by atoms with E-state index in [1.165, 1.54) is 13.2 Å². The molecule has 4 aromatic rings. The summed E-state index contributed by atoms with van der Waals surface area (Å²) in [6.07, 6.45) is 1.31. The van der Waals surface area contributed by atoms with Crippen molar-refractivity contribution in [1.29, 1.82) is 5.26 Å². The average molecular weight is 593 g/mol. The number of hydrogen-bond donors (Lipinski definition) is 3. The lowest BCUT2D eigenvalue weighted by Gasteiger charge is -2.18. The number of fused-ring (bicyclic) bond motifs is 1. The first-order chi connectivity index (χ1) is 20.1. The van der Waals surface area contributed by atoms with Gasteiger partial charge in [-0.1, -0.05) is 35.9 Å². The van der Waals surface area contributed by atoms with E-state index in [1.54, 1.807) is 42.6 Å². The van der Waals surface area contributed by atoms with Gasteiger partial charge in [-0.2, -0.15) is 5.26 Å². The van der Waals surface area contributed by atoms with E-state index in [1.807, 2.05) is 6.07 Å². The molecule has 0 unspecified atom stereocenters. The van der Waals surface area contributed by atoms with Gasteiger partial charge in [0, 0.05) is 53.4 Å². The monoisotopic (exact) mass is 592 g/mol. The van der Waals surface area contributed by atoms with Gasteiger partial charge in [0.25, 0.3) is 11.8 Å². The fourth-order valence-corrected chi connectivity index (χ4v) is 4.65. The number of ether oxygens (including phenoxy) is 1. The van der Waals surface area contributed by atoms with Crippen molar-refractivity contribution in [3.63, 3.8) is 0 Å². The molecule has 9 nitrogen and oxygen atoms in total. The third-order valence-corrected chi connectivity index (χ3v) is 6.71. The summed E-state index contributed by atoms with van der Waals surface area (Å²) < 4.78 is 34.4. The topological polar surface area (TPSA) is 141 Å². The number of aromatic nitrogens is 1. The third kappa shape index (κ3) is 6.52. The molecule has 2 amide bonds. The Bertz CT molecular complexity index is 1720. The van der Waals surface area contributed by atoms with Gasteiger partial charge in [0.1, 0.15) is 23.2 Å². The van der Waals surface area contributed by atoms with Gasteiger partial charge in [-0.15, -0.1) is 0 Å². The summed E-state index contributed by atoms with van der Waals surface area (Å²) in [5, 5.41) is 24.5. The van der Waals surface area contributed by atoms with Gasteiger partial charge in [-0.05, 0) is 35.9 Å². The number of halogens is 3. The van der Waals surface area contributed by atoms with Crippen LogP contribution < -0.4 is 10.6 Å². The number of carbonyl (C=O) groups is 3. The molecule has 0 radical (unpaired) electrons. The summed E-state index contributed by atoms with van der Waals surface area (Å²) in [6, 6.07) is 13.4. The first-order valence-corrected chi connectivity index (χ1v) is 12.9. The zero-order valence-electron chi connectivity index (χ0n) is 22.1. The lowest BCUT2D eigenvalue weighted by Crippen LogP contribution is -2.43. The largest absolute Gasteiger partial charge is 0.480 e. The molecule has 1 aromatic heterocycles. The number of pyridine rings is 1. The highest BCUT2D eigenvalue weighted by atomic mass is 35.5. The number of methoxy groups -OCH3 is 1. The van der Waals surface area contributed by atoms with Crippen molar-refractivity contribution in [2.75, 3.05) is 20.3 Å². The summed E-state index contributed by atoms with van der Waals surface area (Å²) in [6.45, 7) is 0.290. The fraction of sp³-hybridized carbons (Fsp3) is 0.167. The van der Waals surface area contributed by atoms with Gasteiger partial charge in [-0.3, -0.25) is 14.6 Å². The molecule has 1 atom stereocenters. The standard InChI is InChI=1S/C30H23ClF2N4O5/c1-42-10-9-36-28(38)18-12-23(32)26(24(33)13-18)29(39)37-25(30(40)41)14-17-5-7-21(27-19(17)3-2-8-35-27)20-6-4-16(15-34)11-22(20)31/h2-8,11-13,25H,9-10,14H2,1H3,(H,36,38)(H,37,39)(H,40,41)/t25-/m0/s1. The Labute approximate surface area is 243 Å². The van der Waals surface area contributed by atoms with Crippen molar-refractivity contribution in [2.24, 2.45) is 0 Å². The molecule has 42 heavy (non-hydrogen) atoms. The molecule has 1 heterocycles. The predicted molar refractivity (Wildman–Crippen MR) is 150 cm³/mol. The van der Waals surface area contributed by atoms with E-state index in [4.69, 9.17) is 21.6 Å². The van der Waals surface area contributed by atoms with Crippen molar-refractivity contribution < 1.29 is 33.0 Å². The van der Waals surface area contributed by atoms with Crippen molar-refractivity contribution in [1.82, 2.24) is 15.6 Å². The molecule has 12 heteroatoms. The second-order valence-electron chi connectivity index (χ2n) is 9.11. The van der Waals surface area contributed by atoms with E-state index in [2.05, 4.69) is 15.6 Å². The van der Waals surface area contributed by atoms with Gasteiger partial charge in [0.15, 0.2) is 0 Å². The van der Waals surface area contributed by atoms with E-state index in [-0.39, 0.29) is 25.1 Å². The van der Waals surface area contributed by atoms with Crippen LogP contribution in [0.4, 0.5) is 8.78 Å². The van der Waals surface area contributed by atoms with Crippen molar-refractivity contribution in [2.45, 2.75) is 12.5 Å². The van der Waals surface area contributed by atoms with Crippen molar-refractivity contribution >= 4 is 40.3 Å². The second kappa shape index (κ2) is 13.2. The molecule has 0 bridgehead atoms. The van der Waals surface area contributed by atoms with Crippen LogP contribution in [0.2, 0.25) is 5.02 Å². The van der Waals surface area contributed by atoms with E-state index in [0.29, 0.717) is 50.3 Å². The Morgan fingerprint density at radius 3 is 2.43 bits per heavy atom. The van der Waals surface area contributed by atoms with Crippen LogP contribution in [0.25, 0.3) is 22.0 Å². The second-order valence-corrected chi connectivity index (χ2v) is 9.52. The minimum atomic E-state index is -1.57. The minimum absolute atomic E-state index is 0.104. The van der Waals surface area contributed by atoms with Crippen molar-refractivity contribution in [3.8, 4) is 17.2 Å². The number of aliphatic carboxylic acids is 1. The zero-order valence-corrected chi connectivity index (χ0v) is 22.8. The molecule has 0 spiro atoms. The van der Waals surface area contributed by atoms with E-state index in [9.17, 15) is 28.3 Å². The molecule has 3 N–H and O–H groups in total. The molecule has 4 rings (SSSR count). The molecule has 3 aromatic carbocycles. The number of benzene rings is 3. The summed E-state index contributed by atoms with van der Waals surface area (Å²) in [7, 11) is 1.42. The van der Waals surface area contributed by atoms with Crippen LogP contribution in [-0.4, -0.2) is 54.2 Å². The van der Waals surface area contributed by atoms with Crippen LogP contribution in [0.1, 0.15) is 31.8 Å². The maximum absolute atomic E-state index is 14.8. The normalized spacial score (nSPS) is 11.5. The molecule has 0 saturated heterocycles. The number of amides is 2. The minimum Gasteiger partial charge on any atom is -0.480 e. The van der Waals surface area contributed by atoms with Gasteiger partial charge in [0.05, 0.1) is 23.8 Å². The van der Waals surface area contributed by atoms with Gasteiger partial charge in [-0.25, -0.2) is 13.6 Å². The number of nitriles is 1. The third-order valence-electron chi connectivity index (χ3n) is 6.40. The fourth-order valence-electron chi connectivity index (χ4n) is 4.37. The lowest BCUT2D eigenvalue weighted by atomic mass is 9.94. The van der Waals surface area contributed by atoms with Crippen LogP contribution >= 0.6 is 11.6 Å². The van der Waals surface area contributed by atoms with Gasteiger partial charge < -0.3 is 20.5 Å². The van der Waals surface area contributed by atoms with Crippen LogP contribution in [0.3, 0.4) is 0 Å². The van der Waals surface area contributed by atoms with Crippen LogP contribution in [0, 0.1) is 23.0 Å². The maximum Gasteiger partial charge on any atom is 0.326 e. The number of carboxylic acids is 1. The van der Waals surface area contributed by atoms with Gasteiger partial charge >= 0.3 is 5.97 Å². The zero-order chi connectivity index (χ0) is 30.4. The summed E-state index contributed by atoms with van der Waals surface area (Å²) in [4.78, 5) is 41.5. The quantitative estimate of drug-likeness (QED) is 0.230. The summed E-state index contributed by atoms with van der Waals surface area (Å²) in [5.74, 6) is -6.16. The Kier molecular flexibility index (Phi) is 9.42. The van der Waals surface area contributed by atoms with Gasteiger partial charge in [0.2, 0.25) is 0 Å². The highest BCUT2D eigenvalue weighted by Gasteiger charge is 2.27. The van der Waals surface area contributed by atoms with Crippen molar-refractivity contribution in [3.05, 3.63) is 99.7 Å². The van der Waals surface area contributed by atoms with Crippen LogP contribution in [-0.2, 0) is 16.0 Å². The number of carboxylic acid groups (broad SMARTS) is 1. The summed E-state index contributed by atoms with van der Waals surface area (Å²) in [5.41, 5.74) is 1.23. The van der Waals surface area contributed by atoms with Crippen LogP contribution in [0.5, 0.6) is 0 Å². The Morgan fingerprint density at radius 1 is 1.07 bits per heavy atom. The Hall–Kier alpha value is -4.92. The first kappa shape index (κ1) is 30.0. The number of rotatable bonds is 10. The van der Waals surface area contributed by atoms with E-state index >= 15 is 0 Å². The number of nitrogens with zero attached hydrogens (tertiary/aromatic N) is 2. The predicted octanol–water partition coefficient (Wildman–Crippen LogP) is 4.51. The molecular formula is C30H23ClF2N4O5.